The van der Waals surface area contributed by atoms with Crippen molar-refractivity contribution in [2.24, 2.45) is 0 Å². The summed E-state index contributed by atoms with van der Waals surface area (Å²) < 4.78 is 1.05. The zero-order chi connectivity index (χ0) is 9.31. The van der Waals surface area contributed by atoms with E-state index >= 15 is 0 Å². The molecule has 1 N–H and O–H groups in total. The second kappa shape index (κ2) is 3.39. The molecule has 1 fully saturated rings. The lowest BCUT2D eigenvalue weighted by Crippen LogP contribution is -2.26. The minimum Gasteiger partial charge on any atom is -0.307 e. The van der Waals surface area contributed by atoms with Crippen LogP contribution < -0.4 is 5.32 Å². The third-order valence-corrected chi connectivity index (χ3v) is 2.91. The number of rotatable bonds is 3. The number of pyridine rings is 1. The fraction of sp³-hybridized carbons (Fsp3) is 0.500. The smallest absolute Gasteiger partial charge is 0.0410 e. The van der Waals surface area contributed by atoms with Gasteiger partial charge in [0.15, 0.2) is 0 Å². The van der Waals surface area contributed by atoms with Gasteiger partial charge in [0.2, 0.25) is 0 Å². The fourth-order valence-electron chi connectivity index (χ4n) is 1.23. The molecule has 1 saturated carbocycles. The minimum atomic E-state index is 0.405. The van der Waals surface area contributed by atoms with Crippen molar-refractivity contribution in [1.29, 1.82) is 0 Å². The SMILES string of the molecule is CC1(NCc2cncc(Br)c2)CC1. The van der Waals surface area contributed by atoms with Gasteiger partial charge in [0.25, 0.3) is 0 Å². The molecular weight excluding hydrogens is 228 g/mol. The summed E-state index contributed by atoms with van der Waals surface area (Å²) in [5.41, 5.74) is 1.64. The maximum absolute atomic E-state index is 4.12. The van der Waals surface area contributed by atoms with Gasteiger partial charge in [-0.1, -0.05) is 0 Å². The zero-order valence-electron chi connectivity index (χ0n) is 7.68. The first-order valence-corrected chi connectivity index (χ1v) is 5.32. The maximum Gasteiger partial charge on any atom is 0.0410 e. The van der Waals surface area contributed by atoms with Gasteiger partial charge in [-0.05, 0) is 47.3 Å². The normalized spacial score (nSPS) is 18.6. The van der Waals surface area contributed by atoms with Crippen LogP contribution in [0.2, 0.25) is 0 Å². The molecule has 0 radical (unpaired) electrons. The van der Waals surface area contributed by atoms with Gasteiger partial charge in [-0.15, -0.1) is 0 Å². The van der Waals surface area contributed by atoms with E-state index in [-0.39, 0.29) is 0 Å². The van der Waals surface area contributed by atoms with Crippen LogP contribution in [0, 0.1) is 0 Å². The summed E-state index contributed by atoms with van der Waals surface area (Å²) in [7, 11) is 0. The van der Waals surface area contributed by atoms with E-state index in [4.69, 9.17) is 0 Å². The molecule has 1 aromatic rings. The Bertz CT molecular complexity index is 308. The van der Waals surface area contributed by atoms with Crippen molar-refractivity contribution in [3.8, 4) is 0 Å². The lowest BCUT2D eigenvalue weighted by molar-refractivity contribution is 0.537. The Kier molecular flexibility index (Phi) is 2.39. The predicted molar refractivity (Wildman–Crippen MR) is 56.4 cm³/mol. The Labute approximate surface area is 86.9 Å². The maximum atomic E-state index is 4.12. The fourth-order valence-corrected chi connectivity index (χ4v) is 1.64. The van der Waals surface area contributed by atoms with E-state index in [2.05, 4.69) is 39.2 Å². The van der Waals surface area contributed by atoms with Gasteiger partial charge in [-0.2, -0.15) is 0 Å². The van der Waals surface area contributed by atoms with Crippen molar-refractivity contribution in [3.63, 3.8) is 0 Å². The number of halogens is 1. The lowest BCUT2D eigenvalue weighted by atomic mass is 10.2. The predicted octanol–water partition coefficient (Wildman–Crippen LogP) is 2.49. The molecular formula is C10H13BrN2. The Morgan fingerprint density at radius 1 is 1.54 bits per heavy atom. The molecule has 0 unspecified atom stereocenters. The summed E-state index contributed by atoms with van der Waals surface area (Å²) in [6.45, 7) is 3.18. The highest BCUT2D eigenvalue weighted by Gasteiger charge is 2.36. The standard InChI is InChI=1S/C10H13BrN2/c1-10(2-3-10)13-6-8-4-9(11)7-12-5-8/h4-5,7,13H,2-3,6H2,1H3. The van der Waals surface area contributed by atoms with Gasteiger partial charge in [-0.25, -0.2) is 0 Å². The van der Waals surface area contributed by atoms with Crippen molar-refractivity contribution >= 4 is 15.9 Å². The monoisotopic (exact) mass is 240 g/mol. The summed E-state index contributed by atoms with van der Waals surface area (Å²) in [6.07, 6.45) is 6.31. The van der Waals surface area contributed by atoms with E-state index in [1.165, 1.54) is 18.4 Å². The molecule has 0 amide bonds. The van der Waals surface area contributed by atoms with Crippen molar-refractivity contribution in [2.45, 2.75) is 31.8 Å². The largest absolute Gasteiger partial charge is 0.307 e. The van der Waals surface area contributed by atoms with Gasteiger partial charge in [0.1, 0.15) is 0 Å². The first-order valence-electron chi connectivity index (χ1n) is 4.52. The molecule has 0 saturated heterocycles. The summed E-state index contributed by atoms with van der Waals surface area (Å²) in [5, 5.41) is 3.52. The van der Waals surface area contributed by atoms with Gasteiger partial charge in [0.05, 0.1) is 0 Å². The number of hydrogen-bond donors (Lipinski definition) is 1. The molecule has 1 aliphatic carbocycles. The molecule has 0 atom stereocenters. The topological polar surface area (TPSA) is 24.9 Å². The first kappa shape index (κ1) is 9.16. The van der Waals surface area contributed by atoms with Gasteiger partial charge < -0.3 is 5.32 Å². The highest BCUT2D eigenvalue weighted by Crippen LogP contribution is 2.34. The van der Waals surface area contributed by atoms with E-state index in [0.717, 1.165) is 11.0 Å². The quantitative estimate of drug-likeness (QED) is 0.879. The van der Waals surface area contributed by atoms with Crippen molar-refractivity contribution in [3.05, 3.63) is 28.5 Å². The van der Waals surface area contributed by atoms with Crippen LogP contribution in [0.15, 0.2) is 22.9 Å². The van der Waals surface area contributed by atoms with Crippen LogP contribution in [0.25, 0.3) is 0 Å². The molecule has 1 aromatic heterocycles. The van der Waals surface area contributed by atoms with E-state index in [0.29, 0.717) is 5.54 Å². The molecule has 0 aromatic carbocycles. The number of nitrogens with zero attached hydrogens (tertiary/aromatic N) is 1. The molecule has 0 bridgehead atoms. The van der Waals surface area contributed by atoms with Crippen LogP contribution in [-0.4, -0.2) is 10.5 Å². The molecule has 1 heterocycles. The summed E-state index contributed by atoms with van der Waals surface area (Å²) in [4.78, 5) is 4.12. The van der Waals surface area contributed by atoms with Crippen molar-refractivity contribution < 1.29 is 0 Å². The van der Waals surface area contributed by atoms with Crippen LogP contribution in [0.1, 0.15) is 25.3 Å². The van der Waals surface area contributed by atoms with Crippen LogP contribution in [0.3, 0.4) is 0 Å². The molecule has 2 rings (SSSR count). The first-order chi connectivity index (χ1) is 6.18. The average Bonchev–Trinajstić information content (AvgIpc) is 2.82. The number of hydrogen-bond acceptors (Lipinski definition) is 2. The Balaban J connectivity index is 1.94. The van der Waals surface area contributed by atoms with Crippen molar-refractivity contribution in [1.82, 2.24) is 10.3 Å². The second-order valence-electron chi connectivity index (χ2n) is 3.93. The summed E-state index contributed by atoms with van der Waals surface area (Å²) >= 11 is 3.41. The summed E-state index contributed by atoms with van der Waals surface area (Å²) in [5.74, 6) is 0. The third kappa shape index (κ3) is 2.51. The molecule has 2 nitrogen and oxygen atoms in total. The van der Waals surface area contributed by atoms with Crippen LogP contribution in [-0.2, 0) is 6.54 Å². The highest BCUT2D eigenvalue weighted by atomic mass is 79.9. The van der Waals surface area contributed by atoms with E-state index in [1.54, 1.807) is 0 Å². The lowest BCUT2D eigenvalue weighted by Gasteiger charge is -2.10. The van der Waals surface area contributed by atoms with Crippen LogP contribution in [0.5, 0.6) is 0 Å². The van der Waals surface area contributed by atoms with Crippen LogP contribution >= 0.6 is 15.9 Å². The number of aromatic nitrogens is 1. The molecule has 0 spiro atoms. The molecule has 13 heavy (non-hydrogen) atoms. The zero-order valence-corrected chi connectivity index (χ0v) is 9.26. The number of nitrogens with one attached hydrogen (secondary N) is 1. The summed E-state index contributed by atoms with van der Waals surface area (Å²) in [6, 6.07) is 2.10. The van der Waals surface area contributed by atoms with E-state index < -0.39 is 0 Å². The Hall–Kier alpha value is -0.410. The molecule has 0 aliphatic heterocycles. The van der Waals surface area contributed by atoms with Crippen molar-refractivity contribution in [2.75, 3.05) is 0 Å². The molecule has 3 heteroatoms. The average molecular weight is 241 g/mol. The Morgan fingerprint density at radius 3 is 2.92 bits per heavy atom. The minimum absolute atomic E-state index is 0.405. The Morgan fingerprint density at radius 2 is 2.31 bits per heavy atom. The highest BCUT2D eigenvalue weighted by molar-refractivity contribution is 9.10. The van der Waals surface area contributed by atoms with E-state index in [1.807, 2.05) is 12.4 Å². The van der Waals surface area contributed by atoms with Gasteiger partial charge in [-0.3, -0.25) is 4.98 Å². The third-order valence-electron chi connectivity index (χ3n) is 2.48. The second-order valence-corrected chi connectivity index (χ2v) is 4.84. The van der Waals surface area contributed by atoms with E-state index in [9.17, 15) is 0 Å². The van der Waals surface area contributed by atoms with Crippen LogP contribution in [0.4, 0.5) is 0 Å². The van der Waals surface area contributed by atoms with Gasteiger partial charge in [0, 0.05) is 29.0 Å². The molecule has 70 valence electrons. The van der Waals surface area contributed by atoms with Gasteiger partial charge >= 0.3 is 0 Å². The molecule has 1 aliphatic rings.